The van der Waals surface area contributed by atoms with E-state index in [1.165, 1.54) is 0 Å². The van der Waals surface area contributed by atoms with Crippen molar-refractivity contribution < 1.29 is 4.79 Å². The van der Waals surface area contributed by atoms with E-state index in [-0.39, 0.29) is 5.91 Å². The molecule has 5 nitrogen and oxygen atoms in total. The highest BCUT2D eigenvalue weighted by Crippen LogP contribution is 2.03. The number of amides is 1. The molecule has 16 heavy (non-hydrogen) atoms. The molecule has 0 aliphatic carbocycles. The molecule has 0 spiro atoms. The van der Waals surface area contributed by atoms with Gasteiger partial charge in [0.15, 0.2) is 0 Å². The molecule has 0 bridgehead atoms. The van der Waals surface area contributed by atoms with Crippen molar-refractivity contribution in [1.82, 2.24) is 15.1 Å². The van der Waals surface area contributed by atoms with Crippen molar-refractivity contribution >= 4 is 11.6 Å². The summed E-state index contributed by atoms with van der Waals surface area (Å²) in [7, 11) is 0. The Kier molecular flexibility index (Phi) is 4.98. The first kappa shape index (κ1) is 12.7. The second kappa shape index (κ2) is 6.27. The minimum Gasteiger partial charge on any atom is -0.322 e. The Morgan fingerprint density at radius 2 is 2.31 bits per heavy atom. The van der Waals surface area contributed by atoms with Crippen LogP contribution in [0.5, 0.6) is 0 Å². The second-order valence-corrected chi connectivity index (χ2v) is 3.82. The van der Waals surface area contributed by atoms with Crippen LogP contribution in [0.25, 0.3) is 0 Å². The minimum atomic E-state index is -0.0315. The molecule has 1 rings (SSSR count). The minimum absolute atomic E-state index is 0.0315. The molecule has 90 valence electrons. The second-order valence-electron chi connectivity index (χ2n) is 3.82. The number of rotatable bonds is 6. The van der Waals surface area contributed by atoms with Gasteiger partial charge in [-0.2, -0.15) is 5.10 Å². The SMILES string of the molecule is CCC(C)NCC(=O)Nc1cnn(CC)c1. The average Bonchev–Trinajstić information content (AvgIpc) is 2.73. The number of aryl methyl sites for hydroxylation is 1. The smallest absolute Gasteiger partial charge is 0.238 e. The maximum absolute atomic E-state index is 11.5. The molecule has 1 atom stereocenters. The maximum Gasteiger partial charge on any atom is 0.238 e. The van der Waals surface area contributed by atoms with Gasteiger partial charge < -0.3 is 10.6 Å². The fourth-order valence-corrected chi connectivity index (χ4v) is 1.22. The number of hydrogen-bond donors (Lipinski definition) is 2. The number of nitrogens with zero attached hydrogens (tertiary/aromatic N) is 2. The molecule has 1 heterocycles. The van der Waals surface area contributed by atoms with Crippen LogP contribution in [0.3, 0.4) is 0 Å². The fourth-order valence-electron chi connectivity index (χ4n) is 1.22. The van der Waals surface area contributed by atoms with Crippen LogP contribution in [0.2, 0.25) is 0 Å². The molecule has 0 aromatic carbocycles. The normalized spacial score (nSPS) is 12.4. The number of nitrogens with one attached hydrogen (secondary N) is 2. The molecule has 1 unspecified atom stereocenters. The van der Waals surface area contributed by atoms with Gasteiger partial charge in [0.25, 0.3) is 0 Å². The predicted molar refractivity (Wildman–Crippen MR) is 64.3 cm³/mol. The zero-order valence-electron chi connectivity index (χ0n) is 10.2. The molecule has 1 aromatic heterocycles. The molecule has 5 heteroatoms. The molecule has 0 saturated heterocycles. The number of hydrogen-bond acceptors (Lipinski definition) is 3. The van der Waals surface area contributed by atoms with E-state index in [9.17, 15) is 4.79 Å². The van der Waals surface area contributed by atoms with Crippen LogP contribution in [0.1, 0.15) is 27.2 Å². The van der Waals surface area contributed by atoms with Gasteiger partial charge in [-0.25, -0.2) is 0 Å². The van der Waals surface area contributed by atoms with Crippen molar-refractivity contribution in [3.8, 4) is 0 Å². The van der Waals surface area contributed by atoms with Crippen LogP contribution >= 0.6 is 0 Å². The van der Waals surface area contributed by atoms with E-state index in [0.29, 0.717) is 12.6 Å². The molecule has 0 radical (unpaired) electrons. The zero-order valence-corrected chi connectivity index (χ0v) is 10.2. The fraction of sp³-hybridized carbons (Fsp3) is 0.636. The van der Waals surface area contributed by atoms with E-state index in [1.807, 2.05) is 13.1 Å². The Morgan fingerprint density at radius 3 is 2.88 bits per heavy atom. The molecule has 0 saturated carbocycles. The number of anilines is 1. The van der Waals surface area contributed by atoms with Crippen LogP contribution in [-0.2, 0) is 11.3 Å². The molecular formula is C11H20N4O. The lowest BCUT2D eigenvalue weighted by atomic mass is 10.2. The van der Waals surface area contributed by atoms with E-state index < -0.39 is 0 Å². The molecule has 0 aliphatic rings. The van der Waals surface area contributed by atoms with Crippen LogP contribution < -0.4 is 10.6 Å². The van der Waals surface area contributed by atoms with Gasteiger partial charge in [-0.05, 0) is 20.3 Å². The topological polar surface area (TPSA) is 59.0 Å². The summed E-state index contributed by atoms with van der Waals surface area (Å²) in [5, 5.41) is 10.0. The van der Waals surface area contributed by atoms with E-state index in [4.69, 9.17) is 0 Å². The van der Waals surface area contributed by atoms with Crippen molar-refractivity contribution in [1.29, 1.82) is 0 Å². The summed E-state index contributed by atoms with van der Waals surface area (Å²) in [5.41, 5.74) is 0.748. The highest BCUT2D eigenvalue weighted by Gasteiger charge is 2.05. The van der Waals surface area contributed by atoms with Gasteiger partial charge in [0, 0.05) is 18.8 Å². The quantitative estimate of drug-likeness (QED) is 0.764. The summed E-state index contributed by atoms with van der Waals surface area (Å²) in [6.07, 6.45) is 4.49. The number of aromatic nitrogens is 2. The van der Waals surface area contributed by atoms with Crippen molar-refractivity contribution in [2.45, 2.75) is 39.8 Å². The van der Waals surface area contributed by atoms with Crippen molar-refractivity contribution in [2.24, 2.45) is 0 Å². The van der Waals surface area contributed by atoms with Gasteiger partial charge >= 0.3 is 0 Å². The van der Waals surface area contributed by atoms with Gasteiger partial charge in [0.2, 0.25) is 5.91 Å². The molecule has 0 fully saturated rings. The summed E-state index contributed by atoms with van der Waals surface area (Å²) >= 11 is 0. The lowest BCUT2D eigenvalue weighted by Gasteiger charge is -2.10. The van der Waals surface area contributed by atoms with Crippen LogP contribution in [0, 0.1) is 0 Å². The summed E-state index contributed by atoms with van der Waals surface area (Å²) in [4.78, 5) is 11.5. The van der Waals surface area contributed by atoms with Crippen LogP contribution in [-0.4, -0.2) is 28.3 Å². The Hall–Kier alpha value is -1.36. The standard InChI is InChI=1S/C11H20N4O/c1-4-9(3)12-7-11(16)14-10-6-13-15(5-2)8-10/h6,8-9,12H,4-5,7H2,1-3H3,(H,14,16). The number of carbonyl (C=O) groups is 1. The first-order chi connectivity index (χ1) is 7.65. The van der Waals surface area contributed by atoms with Gasteiger partial charge in [-0.3, -0.25) is 9.48 Å². The molecule has 0 aliphatic heterocycles. The third-order valence-electron chi connectivity index (χ3n) is 2.46. The van der Waals surface area contributed by atoms with Crippen LogP contribution in [0.15, 0.2) is 12.4 Å². The predicted octanol–water partition coefficient (Wildman–Crippen LogP) is 1.23. The summed E-state index contributed by atoms with van der Waals surface area (Å²) in [6, 6.07) is 0.365. The monoisotopic (exact) mass is 224 g/mol. The largest absolute Gasteiger partial charge is 0.322 e. The van der Waals surface area contributed by atoms with E-state index in [0.717, 1.165) is 18.7 Å². The van der Waals surface area contributed by atoms with E-state index in [2.05, 4.69) is 29.6 Å². The third-order valence-corrected chi connectivity index (χ3v) is 2.46. The van der Waals surface area contributed by atoms with E-state index in [1.54, 1.807) is 10.9 Å². The molecular weight excluding hydrogens is 204 g/mol. The summed E-state index contributed by atoms with van der Waals surface area (Å²) in [5.74, 6) is -0.0315. The van der Waals surface area contributed by atoms with Crippen molar-refractivity contribution in [3.63, 3.8) is 0 Å². The van der Waals surface area contributed by atoms with Gasteiger partial charge in [-0.15, -0.1) is 0 Å². The zero-order chi connectivity index (χ0) is 12.0. The van der Waals surface area contributed by atoms with Gasteiger partial charge in [0.1, 0.15) is 0 Å². The lowest BCUT2D eigenvalue weighted by Crippen LogP contribution is -2.33. The average molecular weight is 224 g/mol. The van der Waals surface area contributed by atoms with Gasteiger partial charge in [-0.1, -0.05) is 6.92 Å². The van der Waals surface area contributed by atoms with Crippen molar-refractivity contribution in [3.05, 3.63) is 12.4 Å². The highest BCUT2D eigenvalue weighted by atomic mass is 16.1. The summed E-state index contributed by atoms with van der Waals surface area (Å²) in [6.45, 7) is 7.29. The molecule has 2 N–H and O–H groups in total. The van der Waals surface area contributed by atoms with Crippen LogP contribution in [0.4, 0.5) is 5.69 Å². The first-order valence-corrected chi connectivity index (χ1v) is 5.71. The Labute approximate surface area is 96.2 Å². The lowest BCUT2D eigenvalue weighted by molar-refractivity contribution is -0.115. The van der Waals surface area contributed by atoms with E-state index >= 15 is 0 Å². The third kappa shape index (κ3) is 4.02. The Balaban J connectivity index is 2.33. The van der Waals surface area contributed by atoms with Crippen molar-refractivity contribution in [2.75, 3.05) is 11.9 Å². The molecule has 1 amide bonds. The Bertz CT molecular complexity index is 334. The first-order valence-electron chi connectivity index (χ1n) is 5.71. The highest BCUT2D eigenvalue weighted by molar-refractivity contribution is 5.91. The molecule has 1 aromatic rings. The maximum atomic E-state index is 11.5. The number of carbonyl (C=O) groups excluding carboxylic acids is 1. The van der Waals surface area contributed by atoms with Gasteiger partial charge in [0.05, 0.1) is 18.4 Å². The Morgan fingerprint density at radius 1 is 1.56 bits per heavy atom. The summed E-state index contributed by atoms with van der Waals surface area (Å²) < 4.78 is 1.78.